The van der Waals surface area contributed by atoms with Gasteiger partial charge in [-0.05, 0) is 18.6 Å². The summed E-state index contributed by atoms with van der Waals surface area (Å²) in [4.78, 5) is 19.0. The minimum Gasteiger partial charge on any atom is -0.385 e. The number of anilines is 1. The molecule has 0 fully saturated rings. The minimum absolute atomic E-state index is 0.272. The first-order valence-corrected chi connectivity index (χ1v) is 5.71. The average Bonchev–Trinajstić information content (AvgIpc) is 2.77. The number of imidazole rings is 1. The van der Waals surface area contributed by atoms with Crippen LogP contribution in [0.4, 0.5) is 5.95 Å². The van der Waals surface area contributed by atoms with Crippen molar-refractivity contribution in [2.45, 2.75) is 12.5 Å². The molecule has 1 aromatic carbocycles. The normalized spacial score (nSPS) is 12.6. The van der Waals surface area contributed by atoms with Crippen molar-refractivity contribution >= 4 is 22.9 Å². The summed E-state index contributed by atoms with van der Waals surface area (Å²) >= 11 is 0. The predicted molar refractivity (Wildman–Crippen MR) is 69.2 cm³/mol. The Morgan fingerprint density at radius 1 is 1.56 bits per heavy atom. The highest BCUT2D eigenvalue weighted by molar-refractivity contribution is 5.94. The van der Waals surface area contributed by atoms with Crippen LogP contribution >= 0.6 is 0 Å². The van der Waals surface area contributed by atoms with Gasteiger partial charge in [0.25, 0.3) is 0 Å². The molecule has 0 spiro atoms. The van der Waals surface area contributed by atoms with Crippen molar-refractivity contribution in [3.8, 4) is 0 Å². The number of rotatable bonds is 5. The van der Waals surface area contributed by atoms with Gasteiger partial charge in [-0.2, -0.15) is 0 Å². The summed E-state index contributed by atoms with van der Waals surface area (Å²) in [7, 11) is 1.57. The highest BCUT2D eigenvalue weighted by atomic mass is 16.5. The maximum Gasteiger partial charge on any atom is 0.243 e. The first-order valence-electron chi connectivity index (χ1n) is 5.71. The van der Waals surface area contributed by atoms with E-state index in [1.807, 2.05) is 24.3 Å². The number of carbonyl (C=O) groups is 1. The molecule has 1 heterocycles. The Labute approximate surface area is 105 Å². The molecule has 6 nitrogen and oxygen atoms in total. The molecule has 0 saturated carbocycles. The summed E-state index contributed by atoms with van der Waals surface area (Å²) in [5.41, 5.74) is 7.39. The molecule has 1 atom stereocenters. The lowest BCUT2D eigenvalue weighted by Gasteiger charge is -2.09. The lowest BCUT2D eigenvalue weighted by Crippen LogP contribution is -2.36. The van der Waals surface area contributed by atoms with E-state index >= 15 is 0 Å². The molecule has 2 rings (SSSR count). The predicted octanol–water partition coefficient (Wildman–Crippen LogP) is 0.865. The molecule has 4 N–H and O–H groups in total. The zero-order valence-corrected chi connectivity index (χ0v) is 10.1. The molecule has 2 aromatic rings. The van der Waals surface area contributed by atoms with Gasteiger partial charge in [0, 0.05) is 13.7 Å². The summed E-state index contributed by atoms with van der Waals surface area (Å²) < 4.78 is 4.88. The molecule has 1 amide bonds. The molecule has 0 aliphatic rings. The number of hydrogen-bond acceptors (Lipinski definition) is 4. The second kappa shape index (κ2) is 5.61. The van der Waals surface area contributed by atoms with Crippen molar-refractivity contribution in [2.75, 3.05) is 19.0 Å². The molecule has 6 heteroatoms. The van der Waals surface area contributed by atoms with Gasteiger partial charge in [0.05, 0.1) is 17.1 Å². The largest absolute Gasteiger partial charge is 0.385 e. The van der Waals surface area contributed by atoms with Gasteiger partial charge in [-0.15, -0.1) is 0 Å². The molecule has 18 heavy (non-hydrogen) atoms. The number of ether oxygens (including phenoxy) is 1. The van der Waals surface area contributed by atoms with Crippen LogP contribution in [0.5, 0.6) is 0 Å². The highest BCUT2D eigenvalue weighted by Gasteiger charge is 2.14. The number of H-pyrrole nitrogens is 1. The monoisotopic (exact) mass is 248 g/mol. The van der Waals surface area contributed by atoms with E-state index in [0.29, 0.717) is 19.0 Å². The lowest BCUT2D eigenvalue weighted by molar-refractivity contribution is -0.117. The van der Waals surface area contributed by atoms with Crippen molar-refractivity contribution in [1.29, 1.82) is 0 Å². The number of hydrogen-bond donors (Lipinski definition) is 3. The Kier molecular flexibility index (Phi) is 3.91. The maximum atomic E-state index is 11.7. The van der Waals surface area contributed by atoms with Crippen molar-refractivity contribution in [3.05, 3.63) is 24.3 Å². The Bertz CT molecular complexity index is 505. The third kappa shape index (κ3) is 2.85. The first-order chi connectivity index (χ1) is 8.70. The van der Waals surface area contributed by atoms with E-state index in [1.165, 1.54) is 0 Å². The highest BCUT2D eigenvalue weighted by Crippen LogP contribution is 2.13. The summed E-state index contributed by atoms with van der Waals surface area (Å²) in [6.45, 7) is 0.453. The first kappa shape index (κ1) is 12.5. The number of methoxy groups -OCH3 is 1. The molecule has 0 saturated heterocycles. The van der Waals surface area contributed by atoms with Gasteiger partial charge < -0.3 is 15.5 Å². The van der Waals surface area contributed by atoms with Gasteiger partial charge in [-0.3, -0.25) is 10.1 Å². The van der Waals surface area contributed by atoms with Crippen LogP contribution in [-0.2, 0) is 9.53 Å². The van der Waals surface area contributed by atoms with Gasteiger partial charge in [0.1, 0.15) is 0 Å². The van der Waals surface area contributed by atoms with Crippen LogP contribution in [0.25, 0.3) is 11.0 Å². The van der Waals surface area contributed by atoms with Gasteiger partial charge in [0.15, 0.2) is 0 Å². The van der Waals surface area contributed by atoms with Crippen molar-refractivity contribution in [3.63, 3.8) is 0 Å². The van der Waals surface area contributed by atoms with Gasteiger partial charge in [0.2, 0.25) is 11.9 Å². The van der Waals surface area contributed by atoms with Gasteiger partial charge in [-0.1, -0.05) is 12.1 Å². The Morgan fingerprint density at radius 3 is 3.06 bits per heavy atom. The molecule has 0 radical (unpaired) electrons. The summed E-state index contributed by atoms with van der Waals surface area (Å²) in [5.74, 6) is 0.139. The molecule has 0 aliphatic heterocycles. The fourth-order valence-electron chi connectivity index (χ4n) is 1.60. The second-order valence-corrected chi connectivity index (χ2v) is 3.98. The third-order valence-electron chi connectivity index (χ3n) is 2.60. The van der Waals surface area contributed by atoms with Gasteiger partial charge in [-0.25, -0.2) is 4.98 Å². The topological polar surface area (TPSA) is 93.0 Å². The van der Waals surface area contributed by atoms with Crippen LogP contribution in [0, 0.1) is 0 Å². The number of amides is 1. The van der Waals surface area contributed by atoms with E-state index in [0.717, 1.165) is 11.0 Å². The van der Waals surface area contributed by atoms with E-state index in [9.17, 15) is 4.79 Å². The smallest absolute Gasteiger partial charge is 0.243 e. The number of fused-ring (bicyclic) bond motifs is 1. The number of nitrogens with two attached hydrogens (primary N) is 1. The number of para-hydroxylation sites is 2. The number of benzene rings is 1. The van der Waals surface area contributed by atoms with Crippen LogP contribution in [-0.4, -0.2) is 35.6 Å². The fraction of sp³-hybridized carbons (Fsp3) is 0.333. The van der Waals surface area contributed by atoms with Crippen LogP contribution in [0.1, 0.15) is 6.42 Å². The fourth-order valence-corrected chi connectivity index (χ4v) is 1.60. The van der Waals surface area contributed by atoms with E-state index in [4.69, 9.17) is 10.5 Å². The Balaban J connectivity index is 2.02. The molecule has 1 aromatic heterocycles. The van der Waals surface area contributed by atoms with Crippen LogP contribution < -0.4 is 11.1 Å². The van der Waals surface area contributed by atoms with Crippen molar-refractivity contribution in [2.24, 2.45) is 5.73 Å². The summed E-state index contributed by atoms with van der Waals surface area (Å²) in [6, 6.07) is 6.95. The van der Waals surface area contributed by atoms with Crippen molar-refractivity contribution < 1.29 is 9.53 Å². The number of carbonyl (C=O) groups excluding carboxylic acids is 1. The molecular weight excluding hydrogens is 232 g/mol. The second-order valence-electron chi connectivity index (χ2n) is 3.98. The van der Waals surface area contributed by atoms with E-state index < -0.39 is 6.04 Å². The van der Waals surface area contributed by atoms with E-state index in [2.05, 4.69) is 15.3 Å². The molecule has 0 bridgehead atoms. The molecular formula is C12H16N4O2. The summed E-state index contributed by atoms with van der Waals surface area (Å²) in [5, 5.41) is 2.65. The van der Waals surface area contributed by atoms with Crippen molar-refractivity contribution in [1.82, 2.24) is 9.97 Å². The summed E-state index contributed by atoms with van der Waals surface area (Å²) in [6.07, 6.45) is 0.475. The van der Waals surface area contributed by atoms with Crippen LogP contribution in [0.15, 0.2) is 24.3 Å². The minimum atomic E-state index is -0.599. The number of nitrogens with one attached hydrogen (secondary N) is 2. The zero-order chi connectivity index (χ0) is 13.0. The van der Waals surface area contributed by atoms with Gasteiger partial charge >= 0.3 is 0 Å². The molecule has 0 aliphatic carbocycles. The lowest BCUT2D eigenvalue weighted by atomic mass is 10.2. The zero-order valence-electron chi connectivity index (χ0n) is 10.1. The van der Waals surface area contributed by atoms with Crippen LogP contribution in [0.2, 0.25) is 0 Å². The Morgan fingerprint density at radius 2 is 2.33 bits per heavy atom. The number of aromatic nitrogens is 2. The average molecular weight is 248 g/mol. The standard InChI is InChI=1S/C12H16N4O2/c1-18-7-6-8(13)11(17)16-12-14-9-4-2-3-5-10(9)15-12/h2-5,8H,6-7,13H2,1H3,(H2,14,15,16,17). The molecule has 1 unspecified atom stereocenters. The quantitative estimate of drug-likeness (QED) is 0.731. The Hall–Kier alpha value is -1.92. The van der Waals surface area contributed by atoms with Crippen LogP contribution in [0.3, 0.4) is 0 Å². The van der Waals surface area contributed by atoms with E-state index in [-0.39, 0.29) is 5.91 Å². The third-order valence-corrected chi connectivity index (χ3v) is 2.60. The SMILES string of the molecule is COCCC(N)C(=O)Nc1nc2ccccc2[nH]1. The van der Waals surface area contributed by atoms with E-state index in [1.54, 1.807) is 7.11 Å². The maximum absolute atomic E-state index is 11.7. The number of aromatic amines is 1. The number of nitrogens with zero attached hydrogens (tertiary/aromatic N) is 1. The molecule has 96 valence electrons.